The molecule has 26 heavy (non-hydrogen) atoms. The Bertz CT molecular complexity index is 1040. The van der Waals surface area contributed by atoms with Crippen LogP contribution in [0.3, 0.4) is 0 Å². The zero-order chi connectivity index (χ0) is 18.8. The van der Waals surface area contributed by atoms with Gasteiger partial charge in [0.05, 0.1) is 23.7 Å². The molecule has 0 amide bonds. The Morgan fingerprint density at radius 1 is 1.31 bits per heavy atom. The highest BCUT2D eigenvalue weighted by molar-refractivity contribution is 5.90. The van der Waals surface area contributed by atoms with E-state index in [4.69, 9.17) is 4.74 Å². The van der Waals surface area contributed by atoms with Crippen LogP contribution in [0, 0.1) is 24.1 Å². The monoisotopic (exact) mass is 349 g/mol. The number of halogens is 1. The van der Waals surface area contributed by atoms with Gasteiger partial charge in [0.15, 0.2) is 0 Å². The summed E-state index contributed by atoms with van der Waals surface area (Å²) in [5, 5.41) is 9.61. The van der Waals surface area contributed by atoms with Crippen molar-refractivity contribution in [1.82, 2.24) is 9.97 Å². The van der Waals surface area contributed by atoms with Crippen molar-refractivity contribution in [2.24, 2.45) is 0 Å². The van der Waals surface area contributed by atoms with Crippen LogP contribution in [-0.4, -0.2) is 17.1 Å². The molecule has 0 atom stereocenters. The summed E-state index contributed by atoms with van der Waals surface area (Å²) in [5.41, 5.74) is 4.59. The van der Waals surface area contributed by atoms with E-state index in [0.717, 1.165) is 22.4 Å². The molecule has 0 bridgehead atoms. The maximum atomic E-state index is 13.4. The number of allylic oxidation sites excluding steroid dienone is 1. The second-order valence-corrected chi connectivity index (χ2v) is 6.52. The number of imidazole rings is 1. The van der Waals surface area contributed by atoms with Gasteiger partial charge in [0.1, 0.15) is 23.5 Å². The Labute approximate surface area is 152 Å². The number of aromatic nitrogens is 2. The van der Waals surface area contributed by atoms with Crippen LogP contribution in [0.15, 0.2) is 30.3 Å². The van der Waals surface area contributed by atoms with E-state index < -0.39 is 0 Å². The maximum Gasteiger partial charge on any atom is 0.149 e. The Balaban J connectivity index is 2.11. The summed E-state index contributed by atoms with van der Waals surface area (Å²) in [7, 11) is 1.66. The number of ether oxygens (including phenoxy) is 1. The first-order chi connectivity index (χ1) is 12.4. The molecule has 3 rings (SSSR count). The van der Waals surface area contributed by atoms with Crippen molar-refractivity contribution >= 4 is 22.7 Å². The molecule has 0 spiro atoms. The summed E-state index contributed by atoms with van der Waals surface area (Å²) in [6, 6.07) is 10.5. The number of H-pyrrole nitrogens is 1. The number of aromatic amines is 1. The van der Waals surface area contributed by atoms with Crippen LogP contribution in [0.1, 0.15) is 42.3 Å². The first-order valence-electron chi connectivity index (χ1n) is 8.39. The second kappa shape index (κ2) is 7.01. The smallest absolute Gasteiger partial charge is 0.149 e. The van der Waals surface area contributed by atoms with Crippen LogP contribution in [0.5, 0.6) is 5.75 Å². The number of hydrogen-bond acceptors (Lipinski definition) is 3. The van der Waals surface area contributed by atoms with E-state index >= 15 is 0 Å². The van der Waals surface area contributed by atoms with E-state index in [1.165, 1.54) is 12.1 Å². The molecule has 0 saturated carbocycles. The van der Waals surface area contributed by atoms with Crippen molar-refractivity contribution < 1.29 is 9.13 Å². The van der Waals surface area contributed by atoms with Gasteiger partial charge in [-0.15, -0.1) is 0 Å². The van der Waals surface area contributed by atoms with Gasteiger partial charge in [-0.1, -0.05) is 13.8 Å². The lowest BCUT2D eigenvalue weighted by atomic mass is 9.95. The molecular formula is C21H20FN3O. The second-order valence-electron chi connectivity index (χ2n) is 6.52. The number of aryl methyl sites for hydroxylation is 1. The molecular weight excluding hydrogens is 329 g/mol. The first kappa shape index (κ1) is 17.7. The van der Waals surface area contributed by atoms with Gasteiger partial charge in [0.2, 0.25) is 0 Å². The Morgan fingerprint density at radius 3 is 2.73 bits per heavy atom. The standard InChI is InChI=1S/C21H20FN3O/c1-12(2)17-9-14(13(3)7-20(17)26-4)8-15(11-23)21-24-18-6-5-16(22)10-19(18)25-21/h5-10,12H,1-4H3,(H,24,25)/b15-8-. The average Bonchev–Trinajstić information content (AvgIpc) is 3.02. The van der Waals surface area contributed by atoms with Crippen molar-refractivity contribution in [1.29, 1.82) is 5.26 Å². The average molecular weight is 349 g/mol. The Hall–Kier alpha value is -3.13. The molecule has 0 radical (unpaired) electrons. The van der Waals surface area contributed by atoms with Crippen LogP contribution in [0.4, 0.5) is 4.39 Å². The van der Waals surface area contributed by atoms with Crippen molar-refractivity contribution in [2.45, 2.75) is 26.7 Å². The van der Waals surface area contributed by atoms with E-state index in [9.17, 15) is 9.65 Å². The third-order valence-corrected chi connectivity index (χ3v) is 4.36. The molecule has 0 saturated heterocycles. The summed E-state index contributed by atoms with van der Waals surface area (Å²) >= 11 is 0. The highest BCUT2D eigenvalue weighted by Gasteiger charge is 2.13. The van der Waals surface area contributed by atoms with E-state index in [0.29, 0.717) is 22.4 Å². The van der Waals surface area contributed by atoms with E-state index in [1.807, 2.05) is 19.1 Å². The molecule has 3 aromatic rings. The quantitative estimate of drug-likeness (QED) is 0.658. The van der Waals surface area contributed by atoms with E-state index in [1.54, 1.807) is 19.3 Å². The van der Waals surface area contributed by atoms with Crippen LogP contribution in [0.2, 0.25) is 0 Å². The molecule has 5 heteroatoms. The highest BCUT2D eigenvalue weighted by Crippen LogP contribution is 2.31. The van der Waals surface area contributed by atoms with Gasteiger partial charge >= 0.3 is 0 Å². The molecule has 1 N–H and O–H groups in total. The topological polar surface area (TPSA) is 61.7 Å². The van der Waals surface area contributed by atoms with E-state index in [-0.39, 0.29) is 11.7 Å². The van der Waals surface area contributed by atoms with Crippen LogP contribution < -0.4 is 4.74 Å². The SMILES string of the molecule is COc1cc(C)c(/C=C(/C#N)c2nc3ccc(F)cc3[nH]2)cc1C(C)C. The number of benzene rings is 2. The molecule has 0 aliphatic heterocycles. The number of nitrogens with one attached hydrogen (secondary N) is 1. The number of methoxy groups -OCH3 is 1. The Morgan fingerprint density at radius 2 is 2.08 bits per heavy atom. The van der Waals surface area contributed by atoms with E-state index in [2.05, 4.69) is 29.9 Å². The molecule has 0 aliphatic carbocycles. The summed E-state index contributed by atoms with van der Waals surface area (Å²) < 4.78 is 18.9. The summed E-state index contributed by atoms with van der Waals surface area (Å²) in [6.45, 7) is 6.17. The molecule has 0 fully saturated rings. The highest BCUT2D eigenvalue weighted by atomic mass is 19.1. The minimum absolute atomic E-state index is 0.289. The maximum absolute atomic E-state index is 13.4. The molecule has 132 valence electrons. The molecule has 0 unspecified atom stereocenters. The zero-order valence-electron chi connectivity index (χ0n) is 15.2. The van der Waals surface area contributed by atoms with Gasteiger partial charge in [-0.05, 0) is 65.9 Å². The summed E-state index contributed by atoms with van der Waals surface area (Å²) in [4.78, 5) is 7.42. The fourth-order valence-corrected chi connectivity index (χ4v) is 2.92. The first-order valence-corrected chi connectivity index (χ1v) is 8.39. The molecule has 0 aliphatic rings. The summed E-state index contributed by atoms with van der Waals surface area (Å²) in [6.07, 6.45) is 1.80. The van der Waals surface area contributed by atoms with Crippen LogP contribution in [-0.2, 0) is 0 Å². The van der Waals surface area contributed by atoms with Crippen molar-refractivity contribution in [3.05, 3.63) is 58.7 Å². The van der Waals surface area contributed by atoms with Gasteiger partial charge < -0.3 is 9.72 Å². The van der Waals surface area contributed by atoms with Crippen molar-refractivity contribution in [2.75, 3.05) is 7.11 Å². The normalized spacial score (nSPS) is 11.8. The fourth-order valence-electron chi connectivity index (χ4n) is 2.92. The zero-order valence-corrected chi connectivity index (χ0v) is 15.2. The lowest BCUT2D eigenvalue weighted by Gasteiger charge is -2.14. The molecule has 2 aromatic carbocycles. The number of rotatable bonds is 4. The molecule has 1 aromatic heterocycles. The van der Waals surface area contributed by atoms with Crippen LogP contribution in [0.25, 0.3) is 22.7 Å². The van der Waals surface area contributed by atoms with Gasteiger partial charge in [-0.3, -0.25) is 0 Å². The number of fused-ring (bicyclic) bond motifs is 1. The third kappa shape index (κ3) is 3.31. The molecule has 4 nitrogen and oxygen atoms in total. The number of nitriles is 1. The predicted octanol–water partition coefficient (Wildman–Crippen LogP) is 5.21. The number of hydrogen-bond donors (Lipinski definition) is 1. The van der Waals surface area contributed by atoms with Gasteiger partial charge in [0, 0.05) is 0 Å². The van der Waals surface area contributed by atoms with Gasteiger partial charge in [0.25, 0.3) is 0 Å². The molecule has 1 heterocycles. The summed E-state index contributed by atoms with van der Waals surface area (Å²) in [5.74, 6) is 1.21. The van der Waals surface area contributed by atoms with Gasteiger partial charge in [-0.25, -0.2) is 9.37 Å². The largest absolute Gasteiger partial charge is 0.496 e. The minimum Gasteiger partial charge on any atom is -0.496 e. The number of nitrogens with zero attached hydrogens (tertiary/aromatic N) is 2. The van der Waals surface area contributed by atoms with Crippen molar-refractivity contribution in [3.63, 3.8) is 0 Å². The Kier molecular flexibility index (Phi) is 4.77. The minimum atomic E-state index is -0.345. The van der Waals surface area contributed by atoms with Crippen LogP contribution >= 0.6 is 0 Å². The van der Waals surface area contributed by atoms with Gasteiger partial charge in [-0.2, -0.15) is 5.26 Å². The lowest BCUT2D eigenvalue weighted by Crippen LogP contribution is -1.97. The lowest BCUT2D eigenvalue weighted by molar-refractivity contribution is 0.407. The third-order valence-electron chi connectivity index (χ3n) is 4.36. The fraction of sp³-hybridized carbons (Fsp3) is 0.238. The predicted molar refractivity (Wildman–Crippen MR) is 101 cm³/mol. The van der Waals surface area contributed by atoms with Crippen molar-refractivity contribution in [3.8, 4) is 11.8 Å².